The number of esters is 2. The van der Waals surface area contributed by atoms with Crippen molar-refractivity contribution in [2.75, 3.05) is 33.9 Å². The molecule has 0 radical (unpaired) electrons. The highest BCUT2D eigenvalue weighted by Gasteiger charge is 2.31. The van der Waals surface area contributed by atoms with Gasteiger partial charge in [0.2, 0.25) is 0 Å². The first-order valence-electron chi connectivity index (χ1n) is 15.1. The zero-order valence-electron chi connectivity index (χ0n) is 26.3. The predicted molar refractivity (Wildman–Crippen MR) is 167 cm³/mol. The van der Waals surface area contributed by atoms with Crippen LogP contribution >= 0.6 is 15.9 Å². The fourth-order valence-electron chi connectivity index (χ4n) is 4.01. The number of unbranched alkanes of at least 4 members (excludes halogenated alkanes) is 2. The average Bonchev–Trinajstić information content (AvgIpc) is 2.92. The van der Waals surface area contributed by atoms with Gasteiger partial charge in [-0.2, -0.15) is 0 Å². The Hall–Kier alpha value is -1.49. The number of carbonyl (C=O) groups excluding carboxylic acids is 2. The molecule has 0 heterocycles. The third kappa shape index (κ3) is 17.9. The van der Waals surface area contributed by atoms with Crippen LogP contribution in [0.25, 0.3) is 0 Å². The van der Waals surface area contributed by atoms with Gasteiger partial charge in [0.15, 0.2) is 5.25 Å². The molecule has 0 aromatic heterocycles. The van der Waals surface area contributed by atoms with Crippen molar-refractivity contribution in [3.63, 3.8) is 0 Å². The van der Waals surface area contributed by atoms with E-state index in [0.717, 1.165) is 68.9 Å². The topological polar surface area (TPSA) is 110 Å². The second-order valence-electron chi connectivity index (χ2n) is 11.3. The van der Waals surface area contributed by atoms with Gasteiger partial charge in [0.1, 0.15) is 16.7 Å². The predicted octanol–water partition coefficient (Wildman–Crippen LogP) is 6.85. The number of rotatable bonds is 19. The van der Waals surface area contributed by atoms with Crippen LogP contribution in [0, 0.1) is 11.8 Å². The van der Waals surface area contributed by atoms with Gasteiger partial charge < -0.3 is 18.5 Å². The molecule has 0 aliphatic heterocycles. The molecule has 10 heteroatoms. The van der Waals surface area contributed by atoms with Crippen molar-refractivity contribution < 1.29 is 36.5 Å². The van der Waals surface area contributed by atoms with Crippen LogP contribution in [0.4, 0.5) is 0 Å². The van der Waals surface area contributed by atoms with Crippen LogP contribution in [0.15, 0.2) is 28.7 Å². The molecule has 8 nitrogen and oxygen atoms in total. The van der Waals surface area contributed by atoms with E-state index in [4.69, 9.17) is 9.47 Å². The van der Waals surface area contributed by atoms with E-state index < -0.39 is 33.7 Å². The Balaban J connectivity index is 0.00000102. The molecule has 1 aromatic carbocycles. The summed E-state index contributed by atoms with van der Waals surface area (Å²) in [6.45, 7) is 12.7. The normalized spacial score (nSPS) is 13.9. The molecule has 0 aliphatic carbocycles. The van der Waals surface area contributed by atoms with Gasteiger partial charge in [-0.05, 0) is 37.7 Å². The highest BCUT2D eigenvalue weighted by Crippen LogP contribution is 2.20. The summed E-state index contributed by atoms with van der Waals surface area (Å²) in [6.07, 6.45) is 6.58. The van der Waals surface area contributed by atoms with Gasteiger partial charge in [0.05, 0.1) is 40.3 Å². The molecule has 0 saturated heterocycles. The van der Waals surface area contributed by atoms with Crippen molar-refractivity contribution in [3.05, 3.63) is 34.3 Å². The van der Waals surface area contributed by atoms with Crippen molar-refractivity contribution in [2.24, 2.45) is 11.8 Å². The summed E-state index contributed by atoms with van der Waals surface area (Å²) in [7, 11) is -0.516. The zero-order valence-corrected chi connectivity index (χ0v) is 28.7. The number of carbonyl (C=O) groups is 2. The molecule has 0 fully saturated rings. The van der Waals surface area contributed by atoms with E-state index in [1.54, 1.807) is 0 Å². The lowest BCUT2D eigenvalue weighted by atomic mass is 10.0. The van der Waals surface area contributed by atoms with Crippen molar-refractivity contribution in [3.8, 4) is 0 Å². The quantitative estimate of drug-likeness (QED) is 0.0904. The molecule has 0 saturated carbocycles. The van der Waals surface area contributed by atoms with E-state index in [-0.39, 0.29) is 25.0 Å². The molecular formula is C31H54BrNO7S. The monoisotopic (exact) mass is 663 g/mol. The van der Waals surface area contributed by atoms with Crippen LogP contribution < -0.4 is 0 Å². The summed E-state index contributed by atoms with van der Waals surface area (Å²) in [5, 5.41) is -2.06. The summed E-state index contributed by atoms with van der Waals surface area (Å²) in [5.41, 5.74) is 1.38. The SMILES string of the molecule is CCCCC(CC)COC(=O)CC(C(=O)OCC(CC)CCCC)S(=O)(=O)[O-].CC[N+](C)(C)Cc1ccccc1Br. The summed E-state index contributed by atoms with van der Waals surface area (Å²) < 4.78 is 46.8. The number of hydrogen-bond donors (Lipinski definition) is 0. The van der Waals surface area contributed by atoms with Crippen LogP contribution in [0.3, 0.4) is 0 Å². The highest BCUT2D eigenvalue weighted by atomic mass is 79.9. The minimum atomic E-state index is -5.01. The van der Waals surface area contributed by atoms with Gasteiger partial charge in [-0.1, -0.05) is 100 Å². The zero-order chi connectivity index (χ0) is 31.5. The molecule has 41 heavy (non-hydrogen) atoms. The summed E-state index contributed by atoms with van der Waals surface area (Å²) in [4.78, 5) is 24.1. The number of halogens is 1. The third-order valence-corrected chi connectivity index (χ3v) is 9.23. The Bertz CT molecular complexity index is 984. The first kappa shape index (κ1) is 39.5. The van der Waals surface area contributed by atoms with Gasteiger partial charge in [-0.25, -0.2) is 8.42 Å². The molecule has 0 N–H and O–H groups in total. The van der Waals surface area contributed by atoms with Crippen LogP contribution in [-0.4, -0.2) is 68.5 Å². The lowest BCUT2D eigenvalue weighted by Gasteiger charge is -2.28. The largest absolute Gasteiger partial charge is 0.747 e. The lowest BCUT2D eigenvalue weighted by Crippen LogP contribution is -2.38. The standard InChI is InChI=1S/C20H38O7S.C11H17BrN/c1-5-9-11-16(7-3)14-26-19(21)13-18(28(23,24)25)20(22)27-15-17(8-4)12-10-6-2;1-4-13(2,3)9-10-7-5-6-8-11(10)12/h16-18H,5-15H2,1-4H3,(H,23,24,25);5-8H,4,9H2,1-3H3/q;+1/p-1. The first-order chi connectivity index (χ1) is 19.2. The van der Waals surface area contributed by atoms with Crippen LogP contribution in [0.5, 0.6) is 0 Å². The Morgan fingerprint density at radius 1 is 0.902 bits per heavy atom. The molecule has 3 unspecified atom stereocenters. The lowest BCUT2D eigenvalue weighted by molar-refractivity contribution is -0.901. The maximum Gasteiger partial charge on any atom is 0.323 e. The van der Waals surface area contributed by atoms with Gasteiger partial charge in [-0.15, -0.1) is 0 Å². The summed E-state index contributed by atoms with van der Waals surface area (Å²) in [6, 6.07) is 8.43. The van der Waals surface area contributed by atoms with Crippen molar-refractivity contribution >= 4 is 38.0 Å². The molecule has 1 rings (SSSR count). The van der Waals surface area contributed by atoms with Crippen LogP contribution in [0.2, 0.25) is 0 Å². The van der Waals surface area contributed by atoms with Gasteiger partial charge in [-0.3, -0.25) is 9.59 Å². The van der Waals surface area contributed by atoms with Crippen LogP contribution in [0.1, 0.15) is 98.0 Å². The second kappa shape index (κ2) is 21.2. The van der Waals surface area contributed by atoms with Crippen LogP contribution in [-0.2, 0) is 35.7 Å². The minimum absolute atomic E-state index is 0.0470. The minimum Gasteiger partial charge on any atom is -0.747 e. The van der Waals surface area contributed by atoms with E-state index in [1.807, 2.05) is 13.8 Å². The van der Waals surface area contributed by atoms with Crippen molar-refractivity contribution in [1.82, 2.24) is 0 Å². The molecule has 0 spiro atoms. The van der Waals surface area contributed by atoms with Gasteiger partial charge in [0.25, 0.3) is 0 Å². The molecule has 3 atom stereocenters. The Labute approximate surface area is 258 Å². The van der Waals surface area contributed by atoms with Gasteiger partial charge >= 0.3 is 11.9 Å². The van der Waals surface area contributed by atoms with Crippen molar-refractivity contribution in [2.45, 2.75) is 104 Å². The smallest absolute Gasteiger partial charge is 0.323 e. The average molecular weight is 665 g/mol. The maximum atomic E-state index is 12.1. The van der Waals surface area contributed by atoms with Crippen molar-refractivity contribution in [1.29, 1.82) is 0 Å². The first-order valence-corrected chi connectivity index (χ1v) is 17.3. The summed E-state index contributed by atoms with van der Waals surface area (Å²) >= 11 is 3.57. The third-order valence-electron chi connectivity index (χ3n) is 7.40. The molecule has 0 amide bonds. The van der Waals surface area contributed by atoms with E-state index in [2.05, 4.69) is 75.1 Å². The van der Waals surface area contributed by atoms with E-state index in [1.165, 1.54) is 10.0 Å². The highest BCUT2D eigenvalue weighted by molar-refractivity contribution is 9.10. The maximum absolute atomic E-state index is 12.1. The number of nitrogens with zero attached hydrogens (tertiary/aromatic N) is 1. The molecule has 1 aromatic rings. The molecule has 0 aliphatic rings. The number of quaternary nitrogens is 1. The number of hydrogen-bond acceptors (Lipinski definition) is 7. The Kier molecular flexibility index (Phi) is 20.5. The van der Waals surface area contributed by atoms with E-state index in [9.17, 15) is 22.6 Å². The Morgan fingerprint density at radius 3 is 1.85 bits per heavy atom. The van der Waals surface area contributed by atoms with E-state index in [0.29, 0.717) is 0 Å². The Morgan fingerprint density at radius 2 is 1.41 bits per heavy atom. The summed E-state index contributed by atoms with van der Waals surface area (Å²) in [5.74, 6) is -1.74. The molecular weight excluding hydrogens is 610 g/mol. The number of benzene rings is 1. The van der Waals surface area contributed by atoms with Gasteiger partial charge in [0, 0.05) is 10.0 Å². The number of ether oxygens (including phenoxy) is 2. The fourth-order valence-corrected chi connectivity index (χ4v) is 5.07. The molecule has 0 bridgehead atoms. The fraction of sp³-hybridized carbons (Fsp3) is 0.742. The second-order valence-corrected chi connectivity index (χ2v) is 13.7. The van der Waals surface area contributed by atoms with E-state index >= 15 is 0 Å². The molecule has 238 valence electrons.